The Morgan fingerprint density at radius 2 is 2.17 bits per heavy atom. The second kappa shape index (κ2) is 5.83. The van der Waals surface area contributed by atoms with E-state index in [2.05, 4.69) is 5.32 Å². The summed E-state index contributed by atoms with van der Waals surface area (Å²) < 4.78 is 19.3. The highest BCUT2D eigenvalue weighted by Crippen LogP contribution is 2.22. The molecule has 0 bridgehead atoms. The lowest BCUT2D eigenvalue weighted by atomic mass is 10.0. The van der Waals surface area contributed by atoms with E-state index in [4.69, 9.17) is 4.42 Å². The first-order valence-electron chi connectivity index (χ1n) is 6.22. The molecule has 1 atom stereocenters. The van der Waals surface area contributed by atoms with Crippen molar-refractivity contribution in [1.29, 1.82) is 0 Å². The Hall–Kier alpha value is -1.61. The van der Waals surface area contributed by atoms with Gasteiger partial charge in [0.2, 0.25) is 0 Å². The molecule has 0 spiro atoms. The van der Waals surface area contributed by atoms with Gasteiger partial charge in [-0.15, -0.1) is 0 Å². The number of furan rings is 1. The van der Waals surface area contributed by atoms with E-state index >= 15 is 0 Å². The Kier molecular flexibility index (Phi) is 4.15. The van der Waals surface area contributed by atoms with Crippen LogP contribution in [0.5, 0.6) is 0 Å². The third-order valence-electron chi connectivity index (χ3n) is 2.97. The molecule has 18 heavy (non-hydrogen) atoms. The molecule has 0 aliphatic rings. The lowest BCUT2D eigenvalue weighted by Gasteiger charge is -2.18. The molecule has 0 aliphatic heterocycles. The Labute approximate surface area is 107 Å². The van der Waals surface area contributed by atoms with Crippen molar-refractivity contribution < 1.29 is 8.81 Å². The second-order valence-electron chi connectivity index (χ2n) is 4.42. The van der Waals surface area contributed by atoms with Crippen LogP contribution in [0.15, 0.2) is 41.0 Å². The van der Waals surface area contributed by atoms with Crippen molar-refractivity contribution >= 4 is 0 Å². The fraction of sp³-hybridized carbons (Fsp3) is 0.333. The zero-order valence-electron chi connectivity index (χ0n) is 10.7. The van der Waals surface area contributed by atoms with Gasteiger partial charge in [-0.05, 0) is 37.2 Å². The molecule has 1 aromatic heterocycles. The molecular formula is C15H18FNO. The van der Waals surface area contributed by atoms with Crippen molar-refractivity contribution in [2.24, 2.45) is 0 Å². The summed E-state index contributed by atoms with van der Waals surface area (Å²) in [5.41, 5.74) is 1.63. The van der Waals surface area contributed by atoms with E-state index in [1.165, 1.54) is 0 Å². The first-order chi connectivity index (χ1) is 8.70. The summed E-state index contributed by atoms with van der Waals surface area (Å²) in [5, 5.41) is 3.30. The van der Waals surface area contributed by atoms with Crippen LogP contribution in [0, 0.1) is 12.7 Å². The molecule has 0 amide bonds. The standard InChI is InChI=1S/C15H18FNO/c1-3-17-15(10-12-5-4-8-18-12)13-7-6-11(2)9-14(13)16/h4-9,15,17H,3,10H2,1-2H3. The average Bonchev–Trinajstić information content (AvgIpc) is 2.81. The molecule has 1 unspecified atom stereocenters. The molecule has 0 aliphatic carbocycles. The Morgan fingerprint density at radius 1 is 1.33 bits per heavy atom. The van der Waals surface area contributed by atoms with Gasteiger partial charge in [-0.3, -0.25) is 0 Å². The van der Waals surface area contributed by atoms with Gasteiger partial charge in [0.1, 0.15) is 11.6 Å². The van der Waals surface area contributed by atoms with E-state index in [0.717, 1.165) is 17.9 Å². The maximum absolute atomic E-state index is 14.0. The van der Waals surface area contributed by atoms with Crippen molar-refractivity contribution in [3.63, 3.8) is 0 Å². The Bertz CT molecular complexity index is 493. The van der Waals surface area contributed by atoms with Crippen LogP contribution in [0.2, 0.25) is 0 Å². The Morgan fingerprint density at radius 3 is 2.78 bits per heavy atom. The third kappa shape index (κ3) is 2.99. The number of likely N-dealkylation sites (N-methyl/N-ethyl adjacent to an activating group) is 1. The zero-order valence-corrected chi connectivity index (χ0v) is 10.7. The molecule has 2 rings (SSSR count). The monoisotopic (exact) mass is 247 g/mol. The summed E-state index contributed by atoms with van der Waals surface area (Å²) in [6.07, 6.45) is 2.30. The molecule has 2 nitrogen and oxygen atoms in total. The van der Waals surface area contributed by atoms with Crippen molar-refractivity contribution in [3.8, 4) is 0 Å². The smallest absolute Gasteiger partial charge is 0.128 e. The van der Waals surface area contributed by atoms with Gasteiger partial charge in [-0.25, -0.2) is 4.39 Å². The number of aryl methyl sites for hydroxylation is 1. The lowest BCUT2D eigenvalue weighted by molar-refractivity contribution is 0.444. The maximum atomic E-state index is 14.0. The van der Waals surface area contributed by atoms with E-state index in [9.17, 15) is 4.39 Å². The highest BCUT2D eigenvalue weighted by atomic mass is 19.1. The van der Waals surface area contributed by atoms with Gasteiger partial charge in [-0.2, -0.15) is 0 Å². The van der Waals surface area contributed by atoms with Gasteiger partial charge in [0, 0.05) is 18.0 Å². The van der Waals surface area contributed by atoms with Crippen LogP contribution >= 0.6 is 0 Å². The zero-order chi connectivity index (χ0) is 13.0. The maximum Gasteiger partial charge on any atom is 0.128 e. The van der Waals surface area contributed by atoms with Crippen molar-refractivity contribution in [1.82, 2.24) is 5.32 Å². The van der Waals surface area contributed by atoms with Crippen LogP contribution < -0.4 is 5.32 Å². The first-order valence-corrected chi connectivity index (χ1v) is 6.22. The quantitative estimate of drug-likeness (QED) is 0.873. The molecule has 3 heteroatoms. The molecule has 0 saturated heterocycles. The lowest BCUT2D eigenvalue weighted by Crippen LogP contribution is -2.23. The summed E-state index contributed by atoms with van der Waals surface area (Å²) in [5.74, 6) is 0.702. The van der Waals surface area contributed by atoms with Crippen LogP contribution in [0.25, 0.3) is 0 Å². The summed E-state index contributed by atoms with van der Waals surface area (Å²) in [6, 6.07) is 9.07. The minimum atomic E-state index is -0.160. The number of nitrogens with one attached hydrogen (secondary N) is 1. The average molecular weight is 247 g/mol. The van der Waals surface area contributed by atoms with Crippen LogP contribution in [-0.2, 0) is 6.42 Å². The van der Waals surface area contributed by atoms with E-state index < -0.39 is 0 Å². The van der Waals surface area contributed by atoms with Gasteiger partial charge < -0.3 is 9.73 Å². The minimum absolute atomic E-state index is 0.0539. The Balaban J connectivity index is 2.23. The molecule has 0 radical (unpaired) electrons. The number of hydrogen-bond donors (Lipinski definition) is 1. The summed E-state index contributed by atoms with van der Waals surface area (Å²) >= 11 is 0. The number of hydrogen-bond acceptors (Lipinski definition) is 2. The van der Waals surface area contributed by atoms with E-state index in [-0.39, 0.29) is 11.9 Å². The topological polar surface area (TPSA) is 25.2 Å². The van der Waals surface area contributed by atoms with Gasteiger partial charge in [-0.1, -0.05) is 19.1 Å². The minimum Gasteiger partial charge on any atom is -0.469 e. The van der Waals surface area contributed by atoms with Gasteiger partial charge in [0.15, 0.2) is 0 Å². The van der Waals surface area contributed by atoms with Crippen LogP contribution in [0.3, 0.4) is 0 Å². The van der Waals surface area contributed by atoms with Gasteiger partial charge >= 0.3 is 0 Å². The molecule has 96 valence electrons. The van der Waals surface area contributed by atoms with Crippen molar-refractivity contribution in [2.75, 3.05) is 6.54 Å². The molecule has 1 N–H and O–H groups in total. The summed E-state index contributed by atoms with van der Waals surface area (Å²) in [7, 11) is 0. The number of benzene rings is 1. The number of rotatable bonds is 5. The molecule has 1 aromatic carbocycles. The normalized spacial score (nSPS) is 12.6. The fourth-order valence-electron chi connectivity index (χ4n) is 2.08. The molecule has 0 fully saturated rings. The van der Waals surface area contributed by atoms with E-state index in [1.807, 2.05) is 38.1 Å². The first kappa shape index (κ1) is 12.8. The highest BCUT2D eigenvalue weighted by Gasteiger charge is 2.16. The van der Waals surface area contributed by atoms with Crippen LogP contribution in [-0.4, -0.2) is 6.54 Å². The number of halogens is 1. The van der Waals surface area contributed by atoms with Gasteiger partial charge in [0.05, 0.1) is 6.26 Å². The van der Waals surface area contributed by atoms with Gasteiger partial charge in [0.25, 0.3) is 0 Å². The fourth-order valence-corrected chi connectivity index (χ4v) is 2.08. The summed E-state index contributed by atoms with van der Waals surface area (Å²) in [6.45, 7) is 4.70. The largest absolute Gasteiger partial charge is 0.469 e. The predicted molar refractivity (Wildman–Crippen MR) is 70.0 cm³/mol. The molecule has 2 aromatic rings. The molecule has 1 heterocycles. The highest BCUT2D eigenvalue weighted by molar-refractivity contribution is 5.27. The van der Waals surface area contributed by atoms with Crippen LogP contribution in [0.1, 0.15) is 29.9 Å². The SMILES string of the molecule is CCNC(Cc1ccco1)c1ccc(C)cc1F. The van der Waals surface area contributed by atoms with Crippen LogP contribution in [0.4, 0.5) is 4.39 Å². The van der Waals surface area contributed by atoms with E-state index in [0.29, 0.717) is 12.0 Å². The molecule has 0 saturated carbocycles. The third-order valence-corrected chi connectivity index (χ3v) is 2.97. The van der Waals surface area contributed by atoms with Crippen molar-refractivity contribution in [2.45, 2.75) is 26.3 Å². The molecular weight excluding hydrogens is 229 g/mol. The van der Waals surface area contributed by atoms with Crippen molar-refractivity contribution in [3.05, 3.63) is 59.3 Å². The second-order valence-corrected chi connectivity index (χ2v) is 4.42. The summed E-state index contributed by atoms with van der Waals surface area (Å²) in [4.78, 5) is 0. The predicted octanol–water partition coefficient (Wildman–Crippen LogP) is 3.62. The van der Waals surface area contributed by atoms with E-state index in [1.54, 1.807) is 12.3 Å².